The van der Waals surface area contributed by atoms with Crippen molar-refractivity contribution in [3.8, 4) is 0 Å². The van der Waals surface area contributed by atoms with Crippen LogP contribution in [0.5, 0.6) is 0 Å². The smallest absolute Gasteiger partial charge is 0.0959 e. The van der Waals surface area contributed by atoms with Crippen molar-refractivity contribution in [2.75, 3.05) is 19.7 Å². The van der Waals surface area contributed by atoms with Crippen LogP contribution in [0.15, 0.2) is 30.3 Å². The maximum absolute atomic E-state index is 6.15. The molecule has 0 aliphatic carbocycles. The summed E-state index contributed by atoms with van der Waals surface area (Å²) >= 11 is 1.89. The number of thiophene rings is 1. The molecule has 2 aliphatic heterocycles. The second-order valence-electron chi connectivity index (χ2n) is 7.39. The summed E-state index contributed by atoms with van der Waals surface area (Å²) in [5.41, 5.74) is 2.07. The summed E-state index contributed by atoms with van der Waals surface area (Å²) in [6.07, 6.45) is 2.26. The number of hydrogen-bond donors (Lipinski definition) is 0. The number of hydrogen-bond acceptors (Lipinski definition) is 5. The molecule has 2 fully saturated rings. The van der Waals surface area contributed by atoms with E-state index in [0.29, 0.717) is 6.61 Å². The highest BCUT2D eigenvalue weighted by molar-refractivity contribution is 7.11. The summed E-state index contributed by atoms with van der Waals surface area (Å²) in [6.45, 7) is 8.67. The van der Waals surface area contributed by atoms with Gasteiger partial charge in [0.2, 0.25) is 0 Å². The lowest BCUT2D eigenvalue weighted by molar-refractivity contribution is -0.200. The highest BCUT2D eigenvalue weighted by Gasteiger charge is 2.47. The van der Waals surface area contributed by atoms with Gasteiger partial charge < -0.3 is 9.47 Å². The molecule has 4 heterocycles. The van der Waals surface area contributed by atoms with E-state index in [4.69, 9.17) is 9.47 Å². The Balaban J connectivity index is 1.27. The Labute approximate surface area is 153 Å². The number of ether oxygens (including phenoxy) is 2. The Morgan fingerprint density at radius 3 is 2.92 bits per heavy atom. The van der Waals surface area contributed by atoms with Gasteiger partial charge in [-0.25, -0.2) is 0 Å². The third-order valence-corrected chi connectivity index (χ3v) is 6.05. The van der Waals surface area contributed by atoms with E-state index in [2.05, 4.69) is 28.9 Å². The number of aryl methyl sites for hydroxylation is 2. The zero-order valence-electron chi connectivity index (χ0n) is 15.0. The van der Waals surface area contributed by atoms with Gasteiger partial charge in [0.05, 0.1) is 24.0 Å². The SMILES string of the molecule is Cc1cccc(CO[C@@H]2CCOC3(C2)CN(Cc2ccc(C)s2)C3)n1. The number of aromatic nitrogens is 1. The first kappa shape index (κ1) is 17.2. The third-order valence-electron chi connectivity index (χ3n) is 5.06. The van der Waals surface area contributed by atoms with Gasteiger partial charge in [-0.3, -0.25) is 9.88 Å². The first-order valence-corrected chi connectivity index (χ1v) is 9.88. The monoisotopic (exact) mass is 358 g/mol. The fourth-order valence-corrected chi connectivity index (χ4v) is 4.83. The summed E-state index contributed by atoms with van der Waals surface area (Å²) in [4.78, 5) is 9.84. The van der Waals surface area contributed by atoms with E-state index in [9.17, 15) is 0 Å². The first-order valence-electron chi connectivity index (χ1n) is 9.06. The van der Waals surface area contributed by atoms with Crippen LogP contribution in [0.4, 0.5) is 0 Å². The maximum atomic E-state index is 6.15. The molecule has 5 heteroatoms. The lowest BCUT2D eigenvalue weighted by Crippen LogP contribution is -2.65. The average Bonchev–Trinajstić information content (AvgIpc) is 2.97. The highest BCUT2D eigenvalue weighted by atomic mass is 32.1. The minimum Gasteiger partial charge on any atom is -0.372 e. The van der Waals surface area contributed by atoms with Gasteiger partial charge in [0.25, 0.3) is 0 Å². The number of pyridine rings is 1. The van der Waals surface area contributed by atoms with Crippen LogP contribution in [0.25, 0.3) is 0 Å². The molecule has 1 spiro atoms. The van der Waals surface area contributed by atoms with Crippen LogP contribution in [0.1, 0.15) is 34.0 Å². The fourth-order valence-electron chi connectivity index (χ4n) is 3.90. The second kappa shape index (κ2) is 7.16. The molecule has 2 aliphatic rings. The number of nitrogens with zero attached hydrogens (tertiary/aromatic N) is 2. The predicted molar refractivity (Wildman–Crippen MR) is 99.8 cm³/mol. The van der Waals surface area contributed by atoms with Crippen LogP contribution >= 0.6 is 11.3 Å². The van der Waals surface area contributed by atoms with Gasteiger partial charge in [-0.05, 0) is 44.5 Å². The van der Waals surface area contributed by atoms with Crippen molar-refractivity contribution >= 4 is 11.3 Å². The normalized spacial score (nSPS) is 22.9. The molecule has 134 valence electrons. The quantitative estimate of drug-likeness (QED) is 0.816. The first-order chi connectivity index (χ1) is 12.1. The van der Waals surface area contributed by atoms with Gasteiger partial charge in [0.1, 0.15) is 0 Å². The molecule has 2 aromatic rings. The zero-order chi connectivity index (χ0) is 17.3. The van der Waals surface area contributed by atoms with E-state index in [1.54, 1.807) is 0 Å². The standard InChI is InChI=1S/C20H26N2O2S/c1-15-4-3-5-17(21-15)12-23-18-8-9-24-20(10-18)13-22(14-20)11-19-7-6-16(2)25-19/h3-7,18H,8-14H2,1-2H3/t18-/m1/s1. The molecule has 25 heavy (non-hydrogen) atoms. The predicted octanol–water partition coefficient (Wildman–Crippen LogP) is 3.71. The summed E-state index contributed by atoms with van der Waals surface area (Å²) in [5, 5.41) is 0. The van der Waals surface area contributed by atoms with Crippen molar-refractivity contribution in [2.45, 2.75) is 51.5 Å². The second-order valence-corrected chi connectivity index (χ2v) is 8.76. The molecule has 4 nitrogen and oxygen atoms in total. The van der Waals surface area contributed by atoms with Gasteiger partial charge >= 0.3 is 0 Å². The lowest BCUT2D eigenvalue weighted by Gasteiger charge is -2.53. The molecule has 0 saturated carbocycles. The van der Waals surface area contributed by atoms with Crippen LogP contribution in [0.2, 0.25) is 0 Å². The summed E-state index contributed by atoms with van der Waals surface area (Å²) in [6, 6.07) is 10.5. The van der Waals surface area contributed by atoms with E-state index < -0.39 is 0 Å². The third kappa shape index (κ3) is 4.11. The van der Waals surface area contributed by atoms with Crippen LogP contribution in [0, 0.1) is 13.8 Å². The van der Waals surface area contributed by atoms with Gasteiger partial charge in [-0.2, -0.15) is 0 Å². The highest BCUT2D eigenvalue weighted by Crippen LogP contribution is 2.36. The molecule has 4 rings (SSSR count). The van der Waals surface area contributed by atoms with E-state index in [1.807, 2.05) is 36.5 Å². The Morgan fingerprint density at radius 1 is 1.28 bits per heavy atom. The van der Waals surface area contributed by atoms with Crippen molar-refractivity contribution in [2.24, 2.45) is 0 Å². The largest absolute Gasteiger partial charge is 0.372 e. The Kier molecular flexibility index (Phi) is 4.91. The fraction of sp³-hybridized carbons (Fsp3) is 0.550. The molecule has 0 aromatic carbocycles. The van der Waals surface area contributed by atoms with E-state index >= 15 is 0 Å². The molecule has 0 N–H and O–H groups in total. The van der Waals surface area contributed by atoms with Crippen molar-refractivity contribution in [1.29, 1.82) is 0 Å². The molecule has 2 saturated heterocycles. The molecular weight excluding hydrogens is 332 g/mol. The number of rotatable bonds is 5. The van der Waals surface area contributed by atoms with E-state index in [-0.39, 0.29) is 11.7 Å². The van der Waals surface area contributed by atoms with Crippen molar-refractivity contribution < 1.29 is 9.47 Å². The Hall–Kier alpha value is -1.27. The molecule has 0 amide bonds. The lowest BCUT2D eigenvalue weighted by atomic mass is 9.84. The Morgan fingerprint density at radius 2 is 2.16 bits per heavy atom. The van der Waals surface area contributed by atoms with Crippen LogP contribution in [-0.4, -0.2) is 41.3 Å². The number of likely N-dealkylation sites (tertiary alicyclic amines) is 1. The maximum Gasteiger partial charge on any atom is 0.0959 e. The molecule has 0 bridgehead atoms. The van der Waals surface area contributed by atoms with Gasteiger partial charge in [0.15, 0.2) is 0 Å². The minimum absolute atomic E-state index is 0.00918. The Bertz CT molecular complexity index is 724. The zero-order valence-corrected chi connectivity index (χ0v) is 15.8. The molecule has 1 atom stereocenters. The summed E-state index contributed by atoms with van der Waals surface area (Å²) < 4.78 is 12.3. The molecule has 2 aromatic heterocycles. The van der Waals surface area contributed by atoms with E-state index in [1.165, 1.54) is 9.75 Å². The van der Waals surface area contributed by atoms with Crippen LogP contribution < -0.4 is 0 Å². The van der Waals surface area contributed by atoms with Gasteiger partial charge in [-0.15, -0.1) is 11.3 Å². The van der Waals surface area contributed by atoms with Crippen LogP contribution in [0.3, 0.4) is 0 Å². The van der Waals surface area contributed by atoms with Crippen molar-refractivity contribution in [1.82, 2.24) is 9.88 Å². The minimum atomic E-state index is 0.00918. The van der Waals surface area contributed by atoms with Crippen molar-refractivity contribution in [3.05, 3.63) is 51.5 Å². The summed E-state index contributed by atoms with van der Waals surface area (Å²) in [5.74, 6) is 0. The van der Waals surface area contributed by atoms with E-state index in [0.717, 1.165) is 50.5 Å². The van der Waals surface area contributed by atoms with Crippen molar-refractivity contribution in [3.63, 3.8) is 0 Å². The van der Waals surface area contributed by atoms with Gasteiger partial charge in [0, 0.05) is 48.1 Å². The molecule has 0 radical (unpaired) electrons. The topological polar surface area (TPSA) is 34.6 Å². The molecular formula is C20H26N2O2S. The molecule has 0 unspecified atom stereocenters. The van der Waals surface area contributed by atoms with Crippen LogP contribution in [-0.2, 0) is 22.6 Å². The average molecular weight is 359 g/mol. The summed E-state index contributed by atoms with van der Waals surface area (Å²) in [7, 11) is 0. The van der Waals surface area contributed by atoms with Gasteiger partial charge in [-0.1, -0.05) is 6.07 Å².